The van der Waals surface area contributed by atoms with E-state index in [9.17, 15) is 8.42 Å². The summed E-state index contributed by atoms with van der Waals surface area (Å²) in [5.41, 5.74) is 0.826. The molecule has 1 rings (SSSR count). The highest BCUT2D eigenvalue weighted by molar-refractivity contribution is 7.91. The maximum absolute atomic E-state index is 12.3. The normalized spacial score (nSPS) is 12.0. The summed E-state index contributed by atoms with van der Waals surface area (Å²) in [5, 5.41) is 3.27. The van der Waals surface area contributed by atoms with Crippen LogP contribution < -0.4 is 5.32 Å². The summed E-state index contributed by atoms with van der Waals surface area (Å²) in [4.78, 5) is 1.04. The molecule has 108 valence electrons. The SMILES string of the molecule is C=C(C)CN(C)S(=O)(=O)c1ccc(CNCCC)s1. The Morgan fingerprint density at radius 1 is 1.47 bits per heavy atom. The number of nitrogens with zero attached hydrogens (tertiary/aromatic N) is 1. The van der Waals surface area contributed by atoms with E-state index in [0.717, 1.165) is 30.0 Å². The zero-order valence-corrected chi connectivity index (χ0v) is 13.4. The van der Waals surface area contributed by atoms with Crippen LogP contribution in [0.1, 0.15) is 25.1 Å². The lowest BCUT2D eigenvalue weighted by molar-refractivity contribution is 0.495. The highest BCUT2D eigenvalue weighted by atomic mass is 32.2. The number of nitrogens with one attached hydrogen (secondary N) is 1. The molecule has 0 fully saturated rings. The summed E-state index contributed by atoms with van der Waals surface area (Å²) in [6, 6.07) is 3.55. The molecule has 6 heteroatoms. The fourth-order valence-electron chi connectivity index (χ4n) is 1.60. The molecule has 0 radical (unpaired) electrons. The molecule has 0 atom stereocenters. The molecule has 1 heterocycles. The molecule has 1 aromatic rings. The highest BCUT2D eigenvalue weighted by Gasteiger charge is 2.22. The van der Waals surface area contributed by atoms with E-state index in [0.29, 0.717) is 10.8 Å². The van der Waals surface area contributed by atoms with E-state index in [1.807, 2.05) is 13.0 Å². The van der Waals surface area contributed by atoms with Gasteiger partial charge in [0, 0.05) is 25.0 Å². The first-order chi connectivity index (χ1) is 8.87. The van der Waals surface area contributed by atoms with Gasteiger partial charge in [0.1, 0.15) is 4.21 Å². The summed E-state index contributed by atoms with van der Waals surface area (Å²) < 4.78 is 26.3. The molecule has 0 aliphatic heterocycles. The third kappa shape index (κ3) is 4.72. The Labute approximate surface area is 120 Å². The van der Waals surface area contributed by atoms with Gasteiger partial charge in [-0.05, 0) is 32.0 Å². The van der Waals surface area contributed by atoms with Crippen molar-refractivity contribution in [3.05, 3.63) is 29.2 Å². The van der Waals surface area contributed by atoms with Crippen LogP contribution in [0.15, 0.2) is 28.5 Å². The first kappa shape index (κ1) is 16.4. The Balaban J connectivity index is 2.76. The van der Waals surface area contributed by atoms with E-state index >= 15 is 0 Å². The number of hydrogen-bond acceptors (Lipinski definition) is 4. The minimum Gasteiger partial charge on any atom is -0.312 e. The topological polar surface area (TPSA) is 49.4 Å². The van der Waals surface area contributed by atoms with Crippen LogP contribution in [0.3, 0.4) is 0 Å². The molecule has 0 aromatic carbocycles. The Morgan fingerprint density at radius 3 is 2.74 bits per heavy atom. The van der Waals surface area contributed by atoms with Crippen molar-refractivity contribution in [2.24, 2.45) is 0 Å². The third-order valence-electron chi connectivity index (χ3n) is 2.52. The number of sulfonamides is 1. The zero-order valence-electron chi connectivity index (χ0n) is 11.8. The second-order valence-corrected chi connectivity index (χ2v) is 8.06. The van der Waals surface area contributed by atoms with Crippen molar-refractivity contribution in [1.82, 2.24) is 9.62 Å². The minimum absolute atomic E-state index is 0.351. The number of thiophene rings is 1. The summed E-state index contributed by atoms with van der Waals surface area (Å²) >= 11 is 1.32. The van der Waals surface area contributed by atoms with Crippen LogP contribution in [-0.4, -0.2) is 32.9 Å². The lowest BCUT2D eigenvalue weighted by Gasteiger charge is -2.15. The van der Waals surface area contributed by atoms with Crippen molar-refractivity contribution >= 4 is 21.4 Å². The molecule has 0 amide bonds. The van der Waals surface area contributed by atoms with Gasteiger partial charge in [-0.15, -0.1) is 11.3 Å². The van der Waals surface area contributed by atoms with Gasteiger partial charge in [-0.1, -0.05) is 19.1 Å². The second-order valence-electron chi connectivity index (χ2n) is 4.62. The molecule has 0 saturated carbocycles. The van der Waals surface area contributed by atoms with Crippen LogP contribution in [-0.2, 0) is 16.6 Å². The van der Waals surface area contributed by atoms with E-state index in [4.69, 9.17) is 0 Å². The predicted octanol–water partition coefficient (Wildman–Crippen LogP) is 2.44. The van der Waals surface area contributed by atoms with Gasteiger partial charge >= 0.3 is 0 Å². The number of likely N-dealkylation sites (N-methyl/N-ethyl adjacent to an activating group) is 1. The molecule has 0 aliphatic carbocycles. The molecule has 0 saturated heterocycles. The summed E-state index contributed by atoms with van der Waals surface area (Å²) in [6.45, 7) is 9.68. The highest BCUT2D eigenvalue weighted by Crippen LogP contribution is 2.24. The van der Waals surface area contributed by atoms with Crippen LogP contribution in [0, 0.1) is 0 Å². The molecule has 0 bridgehead atoms. The summed E-state index contributed by atoms with van der Waals surface area (Å²) in [6.07, 6.45) is 1.07. The maximum atomic E-state index is 12.3. The third-order valence-corrected chi connectivity index (χ3v) is 5.88. The second kappa shape index (κ2) is 7.19. The molecule has 1 aromatic heterocycles. The number of hydrogen-bond donors (Lipinski definition) is 1. The molecule has 19 heavy (non-hydrogen) atoms. The summed E-state index contributed by atoms with van der Waals surface area (Å²) in [7, 11) is -1.80. The Morgan fingerprint density at radius 2 is 2.16 bits per heavy atom. The molecular formula is C13H22N2O2S2. The zero-order chi connectivity index (χ0) is 14.5. The quantitative estimate of drug-likeness (QED) is 0.593. The lowest BCUT2D eigenvalue weighted by Crippen LogP contribution is -2.27. The van der Waals surface area contributed by atoms with Crippen molar-refractivity contribution < 1.29 is 8.42 Å². The van der Waals surface area contributed by atoms with Gasteiger partial charge in [-0.3, -0.25) is 0 Å². The van der Waals surface area contributed by atoms with Gasteiger partial charge < -0.3 is 5.32 Å². The first-order valence-electron chi connectivity index (χ1n) is 6.28. The molecule has 4 nitrogen and oxygen atoms in total. The fraction of sp³-hybridized carbons (Fsp3) is 0.538. The molecule has 0 spiro atoms. The van der Waals surface area contributed by atoms with Crippen LogP contribution in [0.25, 0.3) is 0 Å². The maximum Gasteiger partial charge on any atom is 0.252 e. The van der Waals surface area contributed by atoms with Gasteiger partial charge in [0.15, 0.2) is 0 Å². The smallest absolute Gasteiger partial charge is 0.252 e. The van der Waals surface area contributed by atoms with Gasteiger partial charge in [0.2, 0.25) is 0 Å². The molecular weight excluding hydrogens is 280 g/mol. The largest absolute Gasteiger partial charge is 0.312 e. The van der Waals surface area contributed by atoms with Crippen LogP contribution in [0.4, 0.5) is 0 Å². The van der Waals surface area contributed by atoms with Gasteiger partial charge in [0.05, 0.1) is 0 Å². The van der Waals surface area contributed by atoms with Crippen LogP contribution in [0.5, 0.6) is 0 Å². The van der Waals surface area contributed by atoms with E-state index in [1.54, 1.807) is 13.1 Å². The monoisotopic (exact) mass is 302 g/mol. The van der Waals surface area contributed by atoms with Gasteiger partial charge in [-0.25, -0.2) is 8.42 Å². The van der Waals surface area contributed by atoms with Crippen molar-refractivity contribution in [3.8, 4) is 0 Å². The van der Waals surface area contributed by atoms with E-state index in [2.05, 4.69) is 18.8 Å². The van der Waals surface area contributed by atoms with E-state index in [1.165, 1.54) is 15.6 Å². The fourth-order valence-corrected chi connectivity index (χ4v) is 4.37. The summed E-state index contributed by atoms with van der Waals surface area (Å²) in [5.74, 6) is 0. The van der Waals surface area contributed by atoms with Crippen LogP contribution >= 0.6 is 11.3 Å². The van der Waals surface area contributed by atoms with Crippen molar-refractivity contribution in [3.63, 3.8) is 0 Å². The molecule has 0 aliphatic rings. The van der Waals surface area contributed by atoms with Gasteiger partial charge in [-0.2, -0.15) is 4.31 Å². The minimum atomic E-state index is -3.38. The molecule has 1 N–H and O–H groups in total. The number of rotatable bonds is 8. The lowest BCUT2D eigenvalue weighted by atomic mass is 10.4. The Hall–Kier alpha value is -0.690. The Bertz CT molecular complexity index is 521. The average Bonchev–Trinajstić information content (AvgIpc) is 2.78. The van der Waals surface area contributed by atoms with Crippen molar-refractivity contribution in [1.29, 1.82) is 0 Å². The van der Waals surface area contributed by atoms with Crippen LogP contribution in [0.2, 0.25) is 0 Å². The van der Waals surface area contributed by atoms with Crippen molar-refractivity contribution in [2.75, 3.05) is 20.1 Å². The van der Waals surface area contributed by atoms with Gasteiger partial charge in [0.25, 0.3) is 10.0 Å². The van der Waals surface area contributed by atoms with E-state index < -0.39 is 10.0 Å². The van der Waals surface area contributed by atoms with Crippen molar-refractivity contribution in [2.45, 2.75) is 31.0 Å². The standard InChI is InChI=1S/C13H22N2O2S2/c1-5-8-14-9-12-6-7-13(18-12)19(16,17)15(4)10-11(2)3/h6-7,14H,2,5,8-10H2,1,3-4H3. The average molecular weight is 302 g/mol. The first-order valence-corrected chi connectivity index (χ1v) is 8.53. The van der Waals surface area contributed by atoms with E-state index in [-0.39, 0.29) is 0 Å². The Kier molecular flexibility index (Phi) is 6.19. The predicted molar refractivity (Wildman–Crippen MR) is 80.9 cm³/mol. The molecule has 0 unspecified atom stereocenters.